The highest BCUT2D eigenvalue weighted by atomic mass is 32.1. The second kappa shape index (κ2) is 2.55. The van der Waals surface area contributed by atoms with Crippen molar-refractivity contribution in [3.05, 3.63) is 0 Å². The van der Waals surface area contributed by atoms with Gasteiger partial charge in [-0.2, -0.15) is 8.78 Å². The summed E-state index contributed by atoms with van der Waals surface area (Å²) in [4.78, 5) is 9.54. The van der Waals surface area contributed by atoms with E-state index in [1.165, 1.54) is 0 Å². The molecule has 0 N–H and O–H groups in total. The van der Waals surface area contributed by atoms with Crippen LogP contribution in [-0.2, 0) is 4.79 Å². The molecule has 0 fully saturated rings. The molecule has 0 amide bonds. The summed E-state index contributed by atoms with van der Waals surface area (Å²) in [5, 5.41) is -2.11. The Morgan fingerprint density at radius 1 is 1.44 bits per heavy atom. The maximum Gasteiger partial charge on any atom is 0.374 e. The normalized spacial score (nSPS) is 12.2. The van der Waals surface area contributed by atoms with E-state index in [0.29, 0.717) is 0 Å². The molecular formula is C3H2F4OS. The fourth-order valence-corrected chi connectivity index (χ4v) is 0.191. The fraction of sp³-hybridized carbons (Fsp3) is 0.667. The Labute approximate surface area is 53.4 Å². The van der Waals surface area contributed by atoms with Gasteiger partial charge in [0.1, 0.15) is 0 Å². The number of hydrogen-bond donors (Lipinski definition) is 1. The summed E-state index contributed by atoms with van der Waals surface area (Å²) < 4.78 is 45.1. The van der Waals surface area contributed by atoms with Crippen LogP contribution in [0.1, 0.15) is 0 Å². The van der Waals surface area contributed by atoms with Crippen molar-refractivity contribution in [2.24, 2.45) is 0 Å². The lowest BCUT2D eigenvalue weighted by Gasteiger charge is -2.08. The number of alkyl halides is 4. The molecule has 0 rings (SSSR count). The van der Waals surface area contributed by atoms with Crippen LogP contribution in [0.3, 0.4) is 0 Å². The molecule has 0 saturated carbocycles. The van der Waals surface area contributed by atoms with Gasteiger partial charge in [0.2, 0.25) is 0 Å². The molecule has 54 valence electrons. The van der Waals surface area contributed by atoms with Crippen molar-refractivity contribution in [2.45, 2.75) is 12.3 Å². The zero-order valence-electron chi connectivity index (χ0n) is 3.94. The summed E-state index contributed by atoms with van der Waals surface area (Å²) in [6.45, 7) is 0. The summed E-state index contributed by atoms with van der Waals surface area (Å²) in [5.41, 5.74) is 0. The van der Waals surface area contributed by atoms with Gasteiger partial charge >= 0.3 is 12.3 Å². The third-order valence-electron chi connectivity index (χ3n) is 0.559. The van der Waals surface area contributed by atoms with E-state index >= 15 is 0 Å². The van der Waals surface area contributed by atoms with Crippen LogP contribution < -0.4 is 0 Å². The summed E-state index contributed by atoms with van der Waals surface area (Å²) in [6, 6.07) is 0. The van der Waals surface area contributed by atoms with Gasteiger partial charge in [-0.05, 0) is 0 Å². The predicted octanol–water partition coefficient (Wildman–Crippen LogP) is 1.34. The maximum absolute atomic E-state index is 11.5. The van der Waals surface area contributed by atoms with Crippen LogP contribution in [0.25, 0.3) is 0 Å². The van der Waals surface area contributed by atoms with E-state index in [4.69, 9.17) is 0 Å². The molecule has 0 bridgehead atoms. The topological polar surface area (TPSA) is 17.1 Å². The first kappa shape index (κ1) is 8.74. The molecule has 0 unspecified atom stereocenters. The first-order valence-electron chi connectivity index (χ1n) is 1.78. The average Bonchev–Trinajstić information content (AvgIpc) is 1.65. The number of rotatable bonds is 2. The highest BCUT2D eigenvalue weighted by molar-refractivity contribution is 7.96. The largest absolute Gasteiger partial charge is 0.374 e. The SMILES string of the molecule is O=C(S)C(F)(F)C(F)F. The molecule has 0 aromatic rings. The maximum atomic E-state index is 11.5. The molecule has 0 aromatic heterocycles. The highest BCUT2D eigenvalue weighted by Gasteiger charge is 2.46. The monoisotopic (exact) mass is 162 g/mol. The van der Waals surface area contributed by atoms with E-state index < -0.39 is 17.5 Å². The van der Waals surface area contributed by atoms with Crippen LogP contribution in [0.4, 0.5) is 17.6 Å². The zero-order chi connectivity index (χ0) is 7.65. The highest BCUT2D eigenvalue weighted by Crippen LogP contribution is 2.24. The van der Waals surface area contributed by atoms with Crippen molar-refractivity contribution >= 4 is 17.7 Å². The lowest BCUT2D eigenvalue weighted by Crippen LogP contribution is -2.32. The molecule has 0 aromatic carbocycles. The quantitative estimate of drug-likeness (QED) is 0.479. The second-order valence-electron chi connectivity index (χ2n) is 1.23. The van der Waals surface area contributed by atoms with Gasteiger partial charge in [0.05, 0.1) is 0 Å². The smallest absolute Gasteiger partial charge is 0.280 e. The Bertz CT molecular complexity index is 123. The van der Waals surface area contributed by atoms with Gasteiger partial charge in [-0.15, -0.1) is 0 Å². The van der Waals surface area contributed by atoms with Crippen LogP contribution in [0.15, 0.2) is 0 Å². The Morgan fingerprint density at radius 2 is 1.78 bits per heavy atom. The first-order valence-corrected chi connectivity index (χ1v) is 2.23. The summed E-state index contributed by atoms with van der Waals surface area (Å²) >= 11 is 2.55. The summed E-state index contributed by atoms with van der Waals surface area (Å²) in [6.07, 6.45) is -3.97. The first-order chi connectivity index (χ1) is 3.89. The number of carbonyl (C=O) groups excluding carboxylic acids is 1. The average molecular weight is 162 g/mol. The summed E-state index contributed by atoms with van der Waals surface area (Å²) in [5.74, 6) is -4.61. The molecule has 0 saturated heterocycles. The van der Waals surface area contributed by atoms with Crippen molar-refractivity contribution < 1.29 is 22.4 Å². The van der Waals surface area contributed by atoms with Crippen LogP contribution in [0.2, 0.25) is 0 Å². The molecular weight excluding hydrogens is 160 g/mol. The van der Waals surface area contributed by atoms with Gasteiger partial charge in [0, 0.05) is 0 Å². The molecule has 0 radical (unpaired) electrons. The van der Waals surface area contributed by atoms with Crippen LogP contribution in [0, 0.1) is 0 Å². The molecule has 9 heavy (non-hydrogen) atoms. The predicted molar refractivity (Wildman–Crippen MR) is 24.9 cm³/mol. The molecule has 0 aliphatic heterocycles. The minimum Gasteiger partial charge on any atom is -0.280 e. The van der Waals surface area contributed by atoms with Gasteiger partial charge in [0.15, 0.2) is 0 Å². The number of carbonyl (C=O) groups is 1. The zero-order valence-corrected chi connectivity index (χ0v) is 4.84. The van der Waals surface area contributed by atoms with Crippen molar-refractivity contribution in [3.63, 3.8) is 0 Å². The number of thiol groups is 1. The van der Waals surface area contributed by atoms with Gasteiger partial charge in [-0.3, -0.25) is 4.79 Å². The molecule has 0 spiro atoms. The molecule has 0 aliphatic carbocycles. The molecule has 0 aliphatic rings. The van der Waals surface area contributed by atoms with Crippen molar-refractivity contribution in [3.8, 4) is 0 Å². The van der Waals surface area contributed by atoms with Gasteiger partial charge in [-0.1, -0.05) is 12.6 Å². The van der Waals surface area contributed by atoms with E-state index in [1.807, 2.05) is 0 Å². The Hall–Kier alpha value is -0.260. The number of hydrogen-bond acceptors (Lipinski definition) is 1. The van der Waals surface area contributed by atoms with Gasteiger partial charge < -0.3 is 0 Å². The lowest BCUT2D eigenvalue weighted by molar-refractivity contribution is -0.156. The van der Waals surface area contributed by atoms with Crippen LogP contribution in [-0.4, -0.2) is 17.5 Å². The van der Waals surface area contributed by atoms with Crippen molar-refractivity contribution in [1.82, 2.24) is 0 Å². The second-order valence-corrected chi connectivity index (χ2v) is 1.63. The van der Waals surface area contributed by atoms with E-state index in [1.54, 1.807) is 0 Å². The van der Waals surface area contributed by atoms with E-state index in [0.717, 1.165) is 0 Å². The minimum absolute atomic E-state index is 2.11. The van der Waals surface area contributed by atoms with Gasteiger partial charge in [-0.25, -0.2) is 8.78 Å². The van der Waals surface area contributed by atoms with Crippen LogP contribution >= 0.6 is 12.6 Å². The third kappa shape index (κ3) is 1.85. The van der Waals surface area contributed by atoms with Crippen LogP contribution in [0.5, 0.6) is 0 Å². The molecule has 0 heterocycles. The fourth-order valence-electron chi connectivity index (χ4n) is 0.0933. The standard InChI is InChI=1S/C3H2F4OS/c4-1(5)3(6,7)2(8)9/h1H,(H,8,9). The van der Waals surface area contributed by atoms with E-state index in [-0.39, 0.29) is 0 Å². The summed E-state index contributed by atoms with van der Waals surface area (Å²) in [7, 11) is 0. The van der Waals surface area contributed by atoms with Gasteiger partial charge in [0.25, 0.3) is 5.12 Å². The molecule has 1 nitrogen and oxygen atoms in total. The Kier molecular flexibility index (Phi) is 2.48. The van der Waals surface area contributed by atoms with E-state index in [9.17, 15) is 22.4 Å². The molecule has 0 atom stereocenters. The Balaban J connectivity index is 4.19. The van der Waals surface area contributed by atoms with Crippen molar-refractivity contribution in [1.29, 1.82) is 0 Å². The molecule has 6 heteroatoms. The Morgan fingerprint density at radius 3 is 1.78 bits per heavy atom. The van der Waals surface area contributed by atoms with E-state index in [2.05, 4.69) is 12.6 Å². The van der Waals surface area contributed by atoms with Crippen molar-refractivity contribution in [2.75, 3.05) is 0 Å². The third-order valence-corrected chi connectivity index (χ3v) is 0.857. The lowest BCUT2D eigenvalue weighted by atomic mass is 10.4. The minimum atomic E-state index is -4.61. The number of halogens is 4.